The Bertz CT molecular complexity index is 598. The second-order valence-corrected chi connectivity index (χ2v) is 5.84. The van der Waals surface area contributed by atoms with Crippen LogP contribution in [0.3, 0.4) is 0 Å². The van der Waals surface area contributed by atoms with Gasteiger partial charge in [-0.3, -0.25) is 4.98 Å². The minimum Gasteiger partial charge on any atom is -0.478 e. The summed E-state index contributed by atoms with van der Waals surface area (Å²) >= 11 is 0. The Morgan fingerprint density at radius 1 is 1.48 bits per heavy atom. The van der Waals surface area contributed by atoms with E-state index < -0.39 is 16.0 Å². The Kier molecular flexibility index (Phi) is 7.00. The van der Waals surface area contributed by atoms with Crippen LogP contribution in [0.5, 0.6) is 0 Å². The number of aromatic nitrogens is 1. The van der Waals surface area contributed by atoms with Gasteiger partial charge in [0.15, 0.2) is 0 Å². The van der Waals surface area contributed by atoms with Gasteiger partial charge in [0, 0.05) is 38.2 Å². The molecular weight excluding hydrogens is 296 g/mol. The van der Waals surface area contributed by atoms with Crippen LogP contribution in [-0.4, -0.2) is 44.2 Å². The lowest BCUT2D eigenvalue weighted by Gasteiger charge is -2.07. The fourth-order valence-electron chi connectivity index (χ4n) is 1.45. The summed E-state index contributed by atoms with van der Waals surface area (Å²) in [4.78, 5) is 14.2. The fraction of sp³-hybridized carbons (Fsp3) is 0.385. The number of rotatable bonds is 9. The number of hydrogen-bond acceptors (Lipinski definition) is 5. The van der Waals surface area contributed by atoms with Gasteiger partial charge in [-0.15, -0.1) is 0 Å². The number of ether oxygens (including phenoxy) is 1. The quantitative estimate of drug-likeness (QED) is 0.518. The normalized spacial score (nSPS) is 11.9. The molecular formula is C13H18N2O5S. The van der Waals surface area contributed by atoms with Crippen molar-refractivity contribution in [3.8, 4) is 0 Å². The van der Waals surface area contributed by atoms with Crippen molar-refractivity contribution in [1.29, 1.82) is 0 Å². The summed E-state index contributed by atoms with van der Waals surface area (Å²) in [6.07, 6.45) is 5.36. The van der Waals surface area contributed by atoms with Crippen LogP contribution in [0.1, 0.15) is 18.9 Å². The predicted molar refractivity (Wildman–Crippen MR) is 77.2 cm³/mol. The number of pyridine rings is 1. The van der Waals surface area contributed by atoms with Crippen molar-refractivity contribution >= 4 is 22.1 Å². The Hall–Kier alpha value is -1.77. The van der Waals surface area contributed by atoms with Crippen LogP contribution in [0.25, 0.3) is 6.08 Å². The molecule has 1 aromatic rings. The molecule has 21 heavy (non-hydrogen) atoms. The third kappa shape index (κ3) is 6.48. The average Bonchev–Trinajstić information content (AvgIpc) is 2.45. The van der Waals surface area contributed by atoms with Gasteiger partial charge in [0.2, 0.25) is 10.0 Å². The number of nitrogens with zero attached hydrogens (tertiary/aromatic N) is 1. The molecule has 116 valence electrons. The zero-order valence-corrected chi connectivity index (χ0v) is 12.5. The maximum Gasteiger partial charge on any atom is 0.328 e. The first-order chi connectivity index (χ1) is 9.95. The first kappa shape index (κ1) is 17.3. The van der Waals surface area contributed by atoms with Crippen LogP contribution >= 0.6 is 0 Å². The lowest BCUT2D eigenvalue weighted by molar-refractivity contribution is -0.131. The number of carboxylic acid groups (broad SMARTS) is 1. The van der Waals surface area contributed by atoms with Crippen LogP contribution in [0.2, 0.25) is 0 Å². The van der Waals surface area contributed by atoms with Gasteiger partial charge >= 0.3 is 5.97 Å². The van der Waals surface area contributed by atoms with E-state index in [4.69, 9.17) is 9.84 Å². The van der Waals surface area contributed by atoms with Crippen LogP contribution in [-0.2, 0) is 19.6 Å². The summed E-state index contributed by atoms with van der Waals surface area (Å²) in [7, 11) is -3.66. The van der Waals surface area contributed by atoms with Gasteiger partial charge in [-0.1, -0.05) is 0 Å². The molecule has 0 bridgehead atoms. The van der Waals surface area contributed by atoms with Crippen molar-refractivity contribution in [3.63, 3.8) is 0 Å². The highest BCUT2D eigenvalue weighted by Crippen LogP contribution is 2.10. The molecule has 0 spiro atoms. The second-order valence-electron chi connectivity index (χ2n) is 4.07. The Balaban J connectivity index is 2.70. The molecule has 0 aliphatic heterocycles. The monoisotopic (exact) mass is 314 g/mol. The zero-order valence-electron chi connectivity index (χ0n) is 11.7. The first-order valence-corrected chi connectivity index (χ1v) is 7.87. The Morgan fingerprint density at radius 3 is 2.90 bits per heavy atom. The number of carboxylic acids is 1. The molecule has 0 aliphatic rings. The van der Waals surface area contributed by atoms with E-state index >= 15 is 0 Å². The SMILES string of the molecule is CCOCCCNS(=O)(=O)c1cncc(C=CC(=O)O)c1. The van der Waals surface area contributed by atoms with Crippen molar-refractivity contribution in [2.45, 2.75) is 18.2 Å². The van der Waals surface area contributed by atoms with Gasteiger partial charge < -0.3 is 9.84 Å². The Morgan fingerprint density at radius 2 is 2.24 bits per heavy atom. The minimum atomic E-state index is -3.66. The predicted octanol–water partition coefficient (Wildman–Crippen LogP) is 0.884. The molecule has 0 amide bonds. The number of hydrogen-bond donors (Lipinski definition) is 2. The van der Waals surface area contributed by atoms with Gasteiger partial charge in [-0.25, -0.2) is 17.9 Å². The van der Waals surface area contributed by atoms with E-state index in [0.29, 0.717) is 25.2 Å². The van der Waals surface area contributed by atoms with E-state index in [1.165, 1.54) is 24.5 Å². The molecule has 0 fully saturated rings. The van der Waals surface area contributed by atoms with Gasteiger partial charge in [-0.05, 0) is 31.1 Å². The zero-order chi connectivity index (χ0) is 15.7. The molecule has 1 aromatic heterocycles. The largest absolute Gasteiger partial charge is 0.478 e. The van der Waals surface area contributed by atoms with E-state index in [1.807, 2.05) is 6.92 Å². The fourth-order valence-corrected chi connectivity index (χ4v) is 2.52. The van der Waals surface area contributed by atoms with Crippen LogP contribution in [0.4, 0.5) is 0 Å². The molecule has 0 aromatic carbocycles. The summed E-state index contributed by atoms with van der Waals surface area (Å²) in [5.74, 6) is -1.11. The standard InChI is InChI=1S/C13H18N2O5S/c1-2-20-7-3-6-15-21(18,19)12-8-11(9-14-10-12)4-5-13(16)17/h4-5,8-10,15H,2-3,6-7H2,1H3,(H,16,17). The molecule has 0 atom stereocenters. The van der Waals surface area contributed by atoms with Gasteiger partial charge in [0.25, 0.3) is 0 Å². The molecule has 0 saturated carbocycles. The highest BCUT2D eigenvalue weighted by molar-refractivity contribution is 7.89. The number of carbonyl (C=O) groups is 1. The van der Waals surface area contributed by atoms with Crippen LogP contribution in [0.15, 0.2) is 29.4 Å². The van der Waals surface area contributed by atoms with E-state index in [1.54, 1.807) is 0 Å². The van der Waals surface area contributed by atoms with Gasteiger partial charge in [-0.2, -0.15) is 0 Å². The maximum atomic E-state index is 12.0. The number of sulfonamides is 1. The molecule has 0 aliphatic carbocycles. The highest BCUT2D eigenvalue weighted by Gasteiger charge is 2.13. The van der Waals surface area contributed by atoms with E-state index in [9.17, 15) is 13.2 Å². The smallest absolute Gasteiger partial charge is 0.328 e. The molecule has 2 N–H and O–H groups in total. The number of aliphatic carboxylic acids is 1. The van der Waals surface area contributed by atoms with Crippen molar-refractivity contribution in [3.05, 3.63) is 30.1 Å². The highest BCUT2D eigenvalue weighted by atomic mass is 32.2. The van der Waals surface area contributed by atoms with Crippen molar-refractivity contribution in [1.82, 2.24) is 9.71 Å². The summed E-state index contributed by atoms with van der Waals surface area (Å²) in [6, 6.07) is 1.36. The lowest BCUT2D eigenvalue weighted by Crippen LogP contribution is -2.25. The molecule has 8 heteroatoms. The van der Waals surface area contributed by atoms with Crippen molar-refractivity contribution in [2.75, 3.05) is 19.8 Å². The average molecular weight is 314 g/mol. The van der Waals surface area contributed by atoms with E-state index in [-0.39, 0.29) is 11.4 Å². The minimum absolute atomic E-state index is 0.00792. The summed E-state index contributed by atoms with van der Waals surface area (Å²) in [6.45, 7) is 3.21. The topological polar surface area (TPSA) is 106 Å². The molecule has 1 rings (SSSR count). The maximum absolute atomic E-state index is 12.0. The summed E-state index contributed by atoms with van der Waals surface area (Å²) in [5, 5.41) is 8.54. The molecule has 0 unspecified atom stereocenters. The third-order valence-corrected chi connectivity index (χ3v) is 3.85. The molecule has 0 saturated heterocycles. The lowest BCUT2D eigenvalue weighted by atomic mass is 10.2. The van der Waals surface area contributed by atoms with Gasteiger partial charge in [0.1, 0.15) is 4.90 Å². The van der Waals surface area contributed by atoms with Gasteiger partial charge in [0.05, 0.1) is 0 Å². The van der Waals surface area contributed by atoms with E-state index in [2.05, 4.69) is 9.71 Å². The number of nitrogens with one attached hydrogen (secondary N) is 1. The molecule has 1 heterocycles. The van der Waals surface area contributed by atoms with E-state index in [0.717, 1.165) is 6.08 Å². The Labute approximate surface area is 123 Å². The first-order valence-electron chi connectivity index (χ1n) is 6.39. The van der Waals surface area contributed by atoms with Crippen molar-refractivity contribution in [2.24, 2.45) is 0 Å². The summed E-state index contributed by atoms with van der Waals surface area (Å²) in [5.41, 5.74) is 0.398. The second kappa shape index (κ2) is 8.50. The molecule has 0 radical (unpaired) electrons. The van der Waals surface area contributed by atoms with Crippen molar-refractivity contribution < 1.29 is 23.1 Å². The summed E-state index contributed by atoms with van der Waals surface area (Å²) < 4.78 is 31.6. The molecule has 7 nitrogen and oxygen atoms in total. The van der Waals surface area contributed by atoms with Crippen LogP contribution < -0.4 is 4.72 Å². The van der Waals surface area contributed by atoms with Crippen LogP contribution in [0, 0.1) is 0 Å². The third-order valence-electron chi connectivity index (χ3n) is 2.42.